The van der Waals surface area contributed by atoms with Gasteiger partial charge in [-0.15, -0.1) is 0 Å². The number of rotatable bonds is 7. The van der Waals surface area contributed by atoms with Crippen LogP contribution in [0, 0.1) is 0 Å². The first-order valence-corrected chi connectivity index (χ1v) is 6.74. The predicted molar refractivity (Wildman–Crippen MR) is 73.2 cm³/mol. The van der Waals surface area contributed by atoms with Crippen LogP contribution in [0.15, 0.2) is 18.2 Å². The number of nitrogens with one attached hydrogen (secondary N) is 1. The standard InChI is InChI=1S/C15H23NO2/c1-17-10-4-3-9-16-15-8-6-12-5-7-13(18-2)11-14(12)15/h5,7,11,15-16H,3-4,6,8-10H2,1-2H3. The molecule has 0 heterocycles. The minimum absolute atomic E-state index is 0.498. The third-order valence-corrected chi connectivity index (χ3v) is 3.60. The smallest absolute Gasteiger partial charge is 0.119 e. The van der Waals surface area contributed by atoms with Gasteiger partial charge in [0, 0.05) is 19.8 Å². The summed E-state index contributed by atoms with van der Waals surface area (Å²) in [5, 5.41) is 3.64. The van der Waals surface area contributed by atoms with Gasteiger partial charge >= 0.3 is 0 Å². The summed E-state index contributed by atoms with van der Waals surface area (Å²) in [5.74, 6) is 0.960. The lowest BCUT2D eigenvalue weighted by molar-refractivity contribution is 0.192. The summed E-state index contributed by atoms with van der Waals surface area (Å²) >= 11 is 0. The summed E-state index contributed by atoms with van der Waals surface area (Å²) in [6, 6.07) is 6.92. The van der Waals surface area contributed by atoms with Crippen LogP contribution in [0.1, 0.15) is 36.4 Å². The Morgan fingerprint density at radius 2 is 2.17 bits per heavy atom. The Bertz CT molecular complexity index is 379. The summed E-state index contributed by atoms with van der Waals surface area (Å²) in [7, 11) is 3.48. The Balaban J connectivity index is 1.86. The van der Waals surface area contributed by atoms with Gasteiger partial charge in [-0.05, 0) is 55.5 Å². The second-order valence-electron chi connectivity index (χ2n) is 4.81. The molecule has 0 fully saturated rings. The van der Waals surface area contributed by atoms with Gasteiger partial charge < -0.3 is 14.8 Å². The molecule has 0 saturated heterocycles. The van der Waals surface area contributed by atoms with Crippen molar-refractivity contribution in [2.45, 2.75) is 31.7 Å². The van der Waals surface area contributed by atoms with E-state index >= 15 is 0 Å². The molecule has 18 heavy (non-hydrogen) atoms. The van der Waals surface area contributed by atoms with E-state index in [2.05, 4.69) is 23.5 Å². The van der Waals surface area contributed by atoms with Crippen LogP contribution in [0.4, 0.5) is 0 Å². The SMILES string of the molecule is COCCCCNC1CCc2ccc(OC)cc21. The highest BCUT2D eigenvalue weighted by Gasteiger charge is 2.22. The van der Waals surface area contributed by atoms with Crippen molar-refractivity contribution < 1.29 is 9.47 Å². The van der Waals surface area contributed by atoms with E-state index in [4.69, 9.17) is 9.47 Å². The minimum Gasteiger partial charge on any atom is -0.497 e. The van der Waals surface area contributed by atoms with Crippen molar-refractivity contribution in [3.8, 4) is 5.75 Å². The van der Waals surface area contributed by atoms with E-state index in [9.17, 15) is 0 Å². The largest absolute Gasteiger partial charge is 0.497 e. The van der Waals surface area contributed by atoms with Crippen molar-refractivity contribution >= 4 is 0 Å². The van der Waals surface area contributed by atoms with E-state index in [0.717, 1.165) is 25.3 Å². The summed E-state index contributed by atoms with van der Waals surface area (Å²) in [6.07, 6.45) is 4.67. The molecule has 1 N–H and O–H groups in total. The number of aryl methyl sites for hydroxylation is 1. The highest BCUT2D eigenvalue weighted by atomic mass is 16.5. The van der Waals surface area contributed by atoms with Crippen molar-refractivity contribution in [3.63, 3.8) is 0 Å². The highest BCUT2D eigenvalue weighted by molar-refractivity contribution is 5.40. The number of hydrogen-bond donors (Lipinski definition) is 1. The van der Waals surface area contributed by atoms with Crippen LogP contribution in [-0.2, 0) is 11.2 Å². The van der Waals surface area contributed by atoms with E-state index in [0.29, 0.717) is 6.04 Å². The lowest BCUT2D eigenvalue weighted by Gasteiger charge is -2.14. The van der Waals surface area contributed by atoms with Crippen molar-refractivity contribution in [1.29, 1.82) is 0 Å². The molecule has 3 nitrogen and oxygen atoms in total. The van der Waals surface area contributed by atoms with Gasteiger partial charge in [0.15, 0.2) is 0 Å². The highest BCUT2D eigenvalue weighted by Crippen LogP contribution is 2.33. The van der Waals surface area contributed by atoms with Crippen LogP contribution in [-0.4, -0.2) is 27.4 Å². The summed E-state index contributed by atoms with van der Waals surface area (Å²) in [5.41, 5.74) is 2.88. The topological polar surface area (TPSA) is 30.5 Å². The van der Waals surface area contributed by atoms with Gasteiger partial charge in [0.1, 0.15) is 5.75 Å². The molecule has 0 amide bonds. The molecular weight excluding hydrogens is 226 g/mol. The van der Waals surface area contributed by atoms with Crippen LogP contribution in [0.3, 0.4) is 0 Å². The van der Waals surface area contributed by atoms with Crippen LogP contribution in [0.5, 0.6) is 5.75 Å². The number of hydrogen-bond acceptors (Lipinski definition) is 3. The predicted octanol–water partition coefficient (Wildman–Crippen LogP) is 2.70. The number of fused-ring (bicyclic) bond motifs is 1. The van der Waals surface area contributed by atoms with Gasteiger partial charge in [-0.2, -0.15) is 0 Å². The quantitative estimate of drug-likeness (QED) is 0.754. The van der Waals surface area contributed by atoms with Gasteiger partial charge in [-0.3, -0.25) is 0 Å². The fraction of sp³-hybridized carbons (Fsp3) is 0.600. The van der Waals surface area contributed by atoms with Gasteiger partial charge in [0.05, 0.1) is 7.11 Å². The molecule has 1 aliphatic carbocycles. The van der Waals surface area contributed by atoms with E-state index < -0.39 is 0 Å². The van der Waals surface area contributed by atoms with Crippen LogP contribution >= 0.6 is 0 Å². The maximum atomic E-state index is 5.30. The third kappa shape index (κ3) is 3.24. The summed E-state index contributed by atoms with van der Waals surface area (Å²) in [4.78, 5) is 0. The maximum Gasteiger partial charge on any atom is 0.119 e. The zero-order valence-electron chi connectivity index (χ0n) is 11.4. The second kappa shape index (κ2) is 6.76. The van der Waals surface area contributed by atoms with E-state index in [1.54, 1.807) is 14.2 Å². The van der Waals surface area contributed by atoms with Crippen LogP contribution in [0.2, 0.25) is 0 Å². The van der Waals surface area contributed by atoms with Crippen molar-refractivity contribution in [2.75, 3.05) is 27.4 Å². The minimum atomic E-state index is 0.498. The average molecular weight is 249 g/mol. The van der Waals surface area contributed by atoms with Crippen molar-refractivity contribution in [3.05, 3.63) is 29.3 Å². The van der Waals surface area contributed by atoms with E-state index in [1.165, 1.54) is 30.4 Å². The fourth-order valence-electron chi connectivity index (χ4n) is 2.57. The molecule has 0 radical (unpaired) electrons. The number of methoxy groups -OCH3 is 2. The molecule has 3 heteroatoms. The number of unbranched alkanes of at least 4 members (excludes halogenated alkanes) is 1. The van der Waals surface area contributed by atoms with Crippen molar-refractivity contribution in [2.24, 2.45) is 0 Å². The fourth-order valence-corrected chi connectivity index (χ4v) is 2.57. The molecule has 0 aliphatic heterocycles. The molecule has 1 aromatic rings. The maximum absolute atomic E-state index is 5.30. The third-order valence-electron chi connectivity index (χ3n) is 3.60. The first kappa shape index (κ1) is 13.4. The Kier molecular flexibility index (Phi) is 5.02. The lowest BCUT2D eigenvalue weighted by atomic mass is 10.1. The Hall–Kier alpha value is -1.06. The molecule has 1 aromatic carbocycles. The Morgan fingerprint density at radius 1 is 1.28 bits per heavy atom. The normalized spacial score (nSPS) is 17.8. The molecule has 0 aromatic heterocycles. The zero-order chi connectivity index (χ0) is 12.8. The monoisotopic (exact) mass is 249 g/mol. The lowest BCUT2D eigenvalue weighted by Crippen LogP contribution is -2.20. The molecule has 0 spiro atoms. The van der Waals surface area contributed by atoms with Gasteiger partial charge in [0.25, 0.3) is 0 Å². The van der Waals surface area contributed by atoms with Crippen LogP contribution in [0.25, 0.3) is 0 Å². The Labute approximate surface area is 109 Å². The molecule has 2 rings (SSSR count). The first-order chi connectivity index (χ1) is 8.85. The molecule has 1 aliphatic rings. The average Bonchev–Trinajstić information content (AvgIpc) is 2.81. The van der Waals surface area contributed by atoms with Crippen molar-refractivity contribution in [1.82, 2.24) is 5.32 Å². The van der Waals surface area contributed by atoms with Crippen LogP contribution < -0.4 is 10.1 Å². The van der Waals surface area contributed by atoms with Gasteiger partial charge in [0.2, 0.25) is 0 Å². The molecule has 0 bridgehead atoms. The molecular formula is C15H23NO2. The van der Waals surface area contributed by atoms with Gasteiger partial charge in [-0.1, -0.05) is 6.07 Å². The zero-order valence-corrected chi connectivity index (χ0v) is 11.4. The first-order valence-electron chi connectivity index (χ1n) is 6.74. The molecule has 1 atom stereocenters. The number of benzene rings is 1. The Morgan fingerprint density at radius 3 is 2.94 bits per heavy atom. The second-order valence-corrected chi connectivity index (χ2v) is 4.81. The molecule has 100 valence electrons. The van der Waals surface area contributed by atoms with E-state index in [-0.39, 0.29) is 0 Å². The van der Waals surface area contributed by atoms with E-state index in [1.807, 2.05) is 0 Å². The molecule has 0 saturated carbocycles. The molecule has 1 unspecified atom stereocenters. The van der Waals surface area contributed by atoms with Gasteiger partial charge in [-0.25, -0.2) is 0 Å². The number of ether oxygens (including phenoxy) is 2. The summed E-state index contributed by atoms with van der Waals surface area (Å²) < 4.78 is 10.4. The summed E-state index contributed by atoms with van der Waals surface area (Å²) in [6.45, 7) is 1.92.